The summed E-state index contributed by atoms with van der Waals surface area (Å²) in [5.41, 5.74) is 1.73. The standard InChI is InChI=1S/C17H19BrN2O2S/c1-12(2)19-17(14-6-8-15(18)9-7-14)20-23(21,22)16-10-4-13(3)5-11-16/h4-12H,1-3H3,(H,19,20). The third-order valence-corrected chi connectivity index (χ3v) is 4.95. The second-order valence-corrected chi connectivity index (χ2v) is 8.09. The summed E-state index contributed by atoms with van der Waals surface area (Å²) in [4.78, 5) is 4.64. The Kier molecular flexibility index (Phi) is 5.59. The molecule has 2 rings (SSSR count). The highest BCUT2D eigenvalue weighted by molar-refractivity contribution is 9.10. The van der Waals surface area contributed by atoms with Gasteiger partial charge in [-0.3, -0.25) is 9.71 Å². The van der Waals surface area contributed by atoms with Gasteiger partial charge in [-0.05, 0) is 45.0 Å². The predicted molar refractivity (Wildman–Crippen MR) is 97.3 cm³/mol. The highest BCUT2D eigenvalue weighted by atomic mass is 79.9. The van der Waals surface area contributed by atoms with E-state index in [1.807, 2.05) is 45.0 Å². The van der Waals surface area contributed by atoms with Crippen molar-refractivity contribution >= 4 is 31.8 Å². The third kappa shape index (κ3) is 4.91. The van der Waals surface area contributed by atoms with Gasteiger partial charge in [0.1, 0.15) is 5.84 Å². The number of aliphatic imine (C=N–C) groups is 1. The van der Waals surface area contributed by atoms with E-state index in [1.54, 1.807) is 24.3 Å². The number of nitrogens with zero attached hydrogens (tertiary/aromatic N) is 1. The molecule has 0 aromatic heterocycles. The van der Waals surface area contributed by atoms with Crippen molar-refractivity contribution in [3.8, 4) is 0 Å². The van der Waals surface area contributed by atoms with Crippen molar-refractivity contribution < 1.29 is 8.42 Å². The maximum atomic E-state index is 12.6. The average Bonchev–Trinajstić information content (AvgIpc) is 2.47. The molecular weight excluding hydrogens is 376 g/mol. The molecule has 0 radical (unpaired) electrons. The molecular formula is C17H19BrN2O2S. The molecule has 0 aliphatic rings. The molecule has 0 amide bonds. The number of amidine groups is 1. The van der Waals surface area contributed by atoms with E-state index in [0.29, 0.717) is 5.84 Å². The van der Waals surface area contributed by atoms with Gasteiger partial charge in [0.05, 0.1) is 4.90 Å². The molecule has 0 bridgehead atoms. The molecule has 2 aromatic carbocycles. The fraction of sp³-hybridized carbons (Fsp3) is 0.235. The van der Waals surface area contributed by atoms with Crippen molar-refractivity contribution in [1.29, 1.82) is 0 Å². The summed E-state index contributed by atoms with van der Waals surface area (Å²) in [6, 6.07) is 14.0. The molecule has 4 nitrogen and oxygen atoms in total. The molecule has 0 saturated carbocycles. The number of nitrogens with one attached hydrogen (secondary N) is 1. The summed E-state index contributed by atoms with van der Waals surface area (Å²) in [6.45, 7) is 5.72. The van der Waals surface area contributed by atoms with E-state index in [2.05, 4.69) is 25.6 Å². The summed E-state index contributed by atoms with van der Waals surface area (Å²) in [5, 5.41) is 0. The normalized spacial score (nSPS) is 12.5. The summed E-state index contributed by atoms with van der Waals surface area (Å²) < 4.78 is 28.7. The Labute approximate surface area is 145 Å². The second-order valence-electron chi connectivity index (χ2n) is 5.50. The Hall–Kier alpha value is -1.66. The van der Waals surface area contributed by atoms with E-state index in [-0.39, 0.29) is 10.9 Å². The van der Waals surface area contributed by atoms with Gasteiger partial charge < -0.3 is 0 Å². The molecule has 0 saturated heterocycles. The van der Waals surface area contributed by atoms with Crippen LogP contribution >= 0.6 is 15.9 Å². The summed E-state index contributed by atoms with van der Waals surface area (Å²) in [7, 11) is -3.67. The Balaban J connectivity index is 2.38. The lowest BCUT2D eigenvalue weighted by atomic mass is 10.2. The van der Waals surface area contributed by atoms with E-state index in [0.717, 1.165) is 15.6 Å². The van der Waals surface area contributed by atoms with Gasteiger partial charge in [-0.2, -0.15) is 0 Å². The van der Waals surface area contributed by atoms with Crippen LogP contribution in [0, 0.1) is 6.92 Å². The maximum absolute atomic E-state index is 12.6. The first kappa shape index (κ1) is 17.7. The highest BCUT2D eigenvalue weighted by Crippen LogP contribution is 2.14. The van der Waals surface area contributed by atoms with Gasteiger partial charge in [-0.15, -0.1) is 0 Å². The van der Waals surface area contributed by atoms with Crippen molar-refractivity contribution in [3.05, 3.63) is 64.1 Å². The Bertz CT molecular complexity index is 795. The molecule has 6 heteroatoms. The van der Waals surface area contributed by atoms with Crippen LogP contribution in [0.3, 0.4) is 0 Å². The lowest BCUT2D eigenvalue weighted by Gasteiger charge is -2.13. The first-order chi connectivity index (χ1) is 10.8. The monoisotopic (exact) mass is 394 g/mol. The molecule has 0 aliphatic heterocycles. The summed E-state index contributed by atoms with van der Waals surface area (Å²) in [5.74, 6) is 0.341. The van der Waals surface area contributed by atoms with Crippen LogP contribution in [0.25, 0.3) is 0 Å². The van der Waals surface area contributed by atoms with Crippen LogP contribution in [0.5, 0.6) is 0 Å². The number of benzene rings is 2. The SMILES string of the molecule is Cc1ccc(S(=O)(=O)NC(=NC(C)C)c2ccc(Br)cc2)cc1. The zero-order valence-electron chi connectivity index (χ0n) is 13.2. The summed E-state index contributed by atoms with van der Waals surface area (Å²) in [6.07, 6.45) is 0. The molecule has 1 N–H and O–H groups in total. The number of halogens is 1. The van der Waals surface area contributed by atoms with E-state index in [9.17, 15) is 8.42 Å². The molecule has 0 fully saturated rings. The zero-order chi connectivity index (χ0) is 17.0. The number of sulfonamides is 1. The van der Waals surface area contributed by atoms with E-state index >= 15 is 0 Å². The Morgan fingerprint density at radius 3 is 2.13 bits per heavy atom. The van der Waals surface area contributed by atoms with E-state index in [1.165, 1.54) is 0 Å². The van der Waals surface area contributed by atoms with Gasteiger partial charge in [-0.25, -0.2) is 8.42 Å². The molecule has 2 aromatic rings. The largest absolute Gasteiger partial charge is 0.265 e. The Morgan fingerprint density at radius 2 is 1.61 bits per heavy atom. The molecule has 0 aliphatic carbocycles. The molecule has 0 spiro atoms. The van der Waals surface area contributed by atoms with Crippen LogP contribution in [0.2, 0.25) is 0 Å². The van der Waals surface area contributed by atoms with Gasteiger partial charge in [0.25, 0.3) is 10.0 Å². The second kappa shape index (κ2) is 7.27. The fourth-order valence-corrected chi connectivity index (χ4v) is 3.23. The smallest absolute Gasteiger partial charge is 0.263 e. The highest BCUT2D eigenvalue weighted by Gasteiger charge is 2.17. The number of hydrogen-bond donors (Lipinski definition) is 1. The molecule has 0 unspecified atom stereocenters. The lowest BCUT2D eigenvalue weighted by molar-refractivity contribution is 0.592. The fourth-order valence-electron chi connectivity index (χ4n) is 1.93. The number of rotatable bonds is 4. The van der Waals surface area contributed by atoms with Crippen molar-refractivity contribution in [2.75, 3.05) is 0 Å². The minimum atomic E-state index is -3.67. The molecule has 0 atom stereocenters. The van der Waals surface area contributed by atoms with Crippen LogP contribution < -0.4 is 4.72 Å². The minimum absolute atomic E-state index is 0.0330. The van der Waals surface area contributed by atoms with Gasteiger partial charge in [-0.1, -0.05) is 45.8 Å². The quantitative estimate of drug-likeness (QED) is 0.631. The summed E-state index contributed by atoms with van der Waals surface area (Å²) >= 11 is 3.37. The van der Waals surface area contributed by atoms with Crippen molar-refractivity contribution in [2.24, 2.45) is 4.99 Å². The number of hydrogen-bond acceptors (Lipinski definition) is 3. The zero-order valence-corrected chi connectivity index (χ0v) is 15.6. The molecule has 0 heterocycles. The van der Waals surface area contributed by atoms with Gasteiger partial charge in [0.2, 0.25) is 0 Å². The van der Waals surface area contributed by atoms with E-state index < -0.39 is 10.0 Å². The predicted octanol–water partition coefficient (Wildman–Crippen LogP) is 3.89. The molecule has 122 valence electrons. The maximum Gasteiger partial charge on any atom is 0.263 e. The van der Waals surface area contributed by atoms with Crippen LogP contribution in [0.1, 0.15) is 25.0 Å². The molecule has 23 heavy (non-hydrogen) atoms. The average molecular weight is 395 g/mol. The minimum Gasteiger partial charge on any atom is -0.265 e. The van der Waals surface area contributed by atoms with Crippen molar-refractivity contribution in [3.63, 3.8) is 0 Å². The van der Waals surface area contributed by atoms with Crippen LogP contribution in [0.15, 0.2) is 62.9 Å². The van der Waals surface area contributed by atoms with Crippen LogP contribution in [0.4, 0.5) is 0 Å². The van der Waals surface area contributed by atoms with Crippen LogP contribution in [-0.4, -0.2) is 20.3 Å². The first-order valence-corrected chi connectivity index (χ1v) is 9.49. The van der Waals surface area contributed by atoms with Crippen LogP contribution in [-0.2, 0) is 10.0 Å². The topological polar surface area (TPSA) is 58.5 Å². The third-order valence-electron chi connectivity index (χ3n) is 3.07. The van der Waals surface area contributed by atoms with Gasteiger partial charge in [0, 0.05) is 16.1 Å². The Morgan fingerprint density at radius 1 is 1.04 bits per heavy atom. The van der Waals surface area contributed by atoms with Gasteiger partial charge in [0.15, 0.2) is 0 Å². The van der Waals surface area contributed by atoms with Gasteiger partial charge >= 0.3 is 0 Å². The number of aryl methyl sites for hydroxylation is 1. The van der Waals surface area contributed by atoms with Crippen molar-refractivity contribution in [2.45, 2.75) is 31.7 Å². The lowest BCUT2D eigenvalue weighted by Crippen LogP contribution is -2.32. The van der Waals surface area contributed by atoms with Crippen molar-refractivity contribution in [1.82, 2.24) is 4.72 Å². The first-order valence-electron chi connectivity index (χ1n) is 7.21. The van der Waals surface area contributed by atoms with E-state index in [4.69, 9.17) is 0 Å².